The van der Waals surface area contributed by atoms with Crippen LogP contribution in [-0.4, -0.2) is 4.98 Å². The molecule has 1 heterocycles. The summed E-state index contributed by atoms with van der Waals surface area (Å²) in [4.78, 5) is 5.40. The molecule has 1 aromatic heterocycles. The molecule has 0 aliphatic heterocycles. The monoisotopic (exact) mass is 332 g/mol. The molecule has 0 amide bonds. The number of nitriles is 1. The lowest BCUT2D eigenvalue weighted by Crippen LogP contribution is -1.97. The molecule has 24 heavy (non-hydrogen) atoms. The van der Waals surface area contributed by atoms with Gasteiger partial charge in [0.25, 0.3) is 0 Å². The second-order valence-corrected chi connectivity index (χ2v) is 6.23. The third kappa shape index (κ3) is 4.61. The Kier molecular flexibility index (Phi) is 5.49. The van der Waals surface area contributed by atoms with Crippen LogP contribution in [0.5, 0.6) is 5.75 Å². The Hall–Kier alpha value is -2.77. The highest BCUT2D eigenvalue weighted by Crippen LogP contribution is 2.24. The van der Waals surface area contributed by atoms with Gasteiger partial charge in [-0.25, -0.2) is 0 Å². The zero-order valence-electron chi connectivity index (χ0n) is 13.1. The van der Waals surface area contributed by atoms with Crippen molar-refractivity contribution < 1.29 is 4.74 Å². The molecular formula is C20H16N2OS. The van der Waals surface area contributed by atoms with Crippen LogP contribution in [0.3, 0.4) is 0 Å². The van der Waals surface area contributed by atoms with Crippen molar-refractivity contribution in [1.29, 1.82) is 5.26 Å². The molecule has 4 heteroatoms. The van der Waals surface area contributed by atoms with Gasteiger partial charge in [-0.1, -0.05) is 18.2 Å². The predicted octanol–water partition coefficient (Wildman–Crippen LogP) is 4.82. The summed E-state index contributed by atoms with van der Waals surface area (Å²) in [5.74, 6) is 1.72. The van der Waals surface area contributed by atoms with Crippen molar-refractivity contribution in [1.82, 2.24) is 4.98 Å². The Labute approximate surface area is 145 Å². The first kappa shape index (κ1) is 16.1. The van der Waals surface area contributed by atoms with Crippen molar-refractivity contribution in [3.8, 4) is 11.8 Å². The second kappa shape index (κ2) is 8.19. The molecule has 0 radical (unpaired) electrons. The molecule has 0 aliphatic rings. The lowest BCUT2D eigenvalue weighted by molar-refractivity contribution is 0.301. The van der Waals surface area contributed by atoms with Crippen molar-refractivity contribution in [2.75, 3.05) is 0 Å². The standard InChI is InChI=1S/C20H16N2OS/c21-13-16-6-10-20(11-7-16)24-15-17-4-8-19(9-5-17)23-14-18-3-1-2-12-22-18/h1-12H,14-15H2. The average molecular weight is 332 g/mol. The van der Waals surface area contributed by atoms with E-state index in [1.165, 1.54) is 5.56 Å². The van der Waals surface area contributed by atoms with E-state index >= 15 is 0 Å². The molecule has 0 bridgehead atoms. The van der Waals surface area contributed by atoms with Crippen LogP contribution in [0.1, 0.15) is 16.8 Å². The Morgan fingerprint density at radius 1 is 0.958 bits per heavy atom. The van der Waals surface area contributed by atoms with E-state index < -0.39 is 0 Å². The number of hydrogen-bond acceptors (Lipinski definition) is 4. The quantitative estimate of drug-likeness (QED) is 0.607. The van der Waals surface area contributed by atoms with Gasteiger partial charge in [-0.2, -0.15) is 5.26 Å². The second-order valence-electron chi connectivity index (χ2n) is 5.18. The minimum absolute atomic E-state index is 0.472. The molecule has 0 unspecified atom stereocenters. The maximum Gasteiger partial charge on any atom is 0.130 e. The summed E-state index contributed by atoms with van der Waals surface area (Å²) in [5.41, 5.74) is 2.83. The summed E-state index contributed by atoms with van der Waals surface area (Å²) in [7, 11) is 0. The Balaban J connectivity index is 1.51. The van der Waals surface area contributed by atoms with E-state index in [2.05, 4.69) is 23.2 Å². The zero-order valence-corrected chi connectivity index (χ0v) is 13.9. The van der Waals surface area contributed by atoms with Crippen LogP contribution in [0.25, 0.3) is 0 Å². The fourth-order valence-electron chi connectivity index (χ4n) is 2.12. The van der Waals surface area contributed by atoms with E-state index in [4.69, 9.17) is 10.00 Å². The summed E-state index contributed by atoms with van der Waals surface area (Å²) in [6, 6.07) is 23.7. The normalized spacial score (nSPS) is 10.1. The van der Waals surface area contributed by atoms with Crippen molar-refractivity contribution in [3.63, 3.8) is 0 Å². The summed E-state index contributed by atoms with van der Waals surface area (Å²) >= 11 is 1.75. The number of hydrogen-bond donors (Lipinski definition) is 0. The summed E-state index contributed by atoms with van der Waals surface area (Å²) in [6.45, 7) is 0.472. The lowest BCUT2D eigenvalue weighted by Gasteiger charge is -2.07. The van der Waals surface area contributed by atoms with Gasteiger partial charge in [0.15, 0.2) is 0 Å². The van der Waals surface area contributed by atoms with Crippen LogP contribution >= 0.6 is 11.8 Å². The molecule has 0 saturated heterocycles. The van der Waals surface area contributed by atoms with E-state index in [1.807, 2.05) is 54.6 Å². The topological polar surface area (TPSA) is 45.9 Å². The van der Waals surface area contributed by atoms with Gasteiger partial charge in [-0.15, -0.1) is 11.8 Å². The third-order valence-electron chi connectivity index (χ3n) is 3.43. The number of pyridine rings is 1. The highest BCUT2D eigenvalue weighted by molar-refractivity contribution is 7.98. The summed E-state index contributed by atoms with van der Waals surface area (Å²) in [5, 5.41) is 8.81. The summed E-state index contributed by atoms with van der Waals surface area (Å²) in [6.07, 6.45) is 1.77. The molecular weight excluding hydrogens is 316 g/mol. The van der Waals surface area contributed by atoms with Crippen LogP contribution < -0.4 is 4.74 Å². The first-order valence-corrected chi connectivity index (χ1v) is 8.57. The molecule has 0 N–H and O–H groups in total. The Morgan fingerprint density at radius 2 is 1.75 bits per heavy atom. The zero-order chi connectivity index (χ0) is 16.6. The highest BCUT2D eigenvalue weighted by atomic mass is 32.2. The number of thioether (sulfide) groups is 1. The molecule has 0 saturated carbocycles. The number of nitrogens with zero attached hydrogens (tertiary/aromatic N) is 2. The maximum absolute atomic E-state index is 8.81. The Bertz CT molecular complexity index is 809. The fourth-order valence-corrected chi connectivity index (χ4v) is 2.97. The van der Waals surface area contributed by atoms with Gasteiger partial charge in [0.05, 0.1) is 17.3 Å². The van der Waals surface area contributed by atoms with Crippen LogP contribution in [0.2, 0.25) is 0 Å². The first-order chi connectivity index (χ1) is 11.8. The molecule has 0 atom stereocenters. The van der Waals surface area contributed by atoms with Gasteiger partial charge >= 0.3 is 0 Å². The van der Waals surface area contributed by atoms with Gasteiger partial charge < -0.3 is 4.74 Å². The molecule has 3 aromatic rings. The highest BCUT2D eigenvalue weighted by Gasteiger charge is 2.00. The number of ether oxygens (including phenoxy) is 1. The van der Waals surface area contributed by atoms with E-state index in [9.17, 15) is 0 Å². The van der Waals surface area contributed by atoms with Crippen molar-refractivity contribution in [2.45, 2.75) is 17.3 Å². The van der Waals surface area contributed by atoms with E-state index in [0.717, 1.165) is 22.1 Å². The Morgan fingerprint density at radius 3 is 2.42 bits per heavy atom. The minimum Gasteiger partial charge on any atom is -0.487 e. The molecule has 0 fully saturated rings. The van der Waals surface area contributed by atoms with E-state index in [1.54, 1.807) is 18.0 Å². The lowest BCUT2D eigenvalue weighted by atomic mass is 10.2. The molecule has 3 nitrogen and oxygen atoms in total. The van der Waals surface area contributed by atoms with Gasteiger partial charge in [0.2, 0.25) is 0 Å². The SMILES string of the molecule is N#Cc1ccc(SCc2ccc(OCc3ccccn3)cc2)cc1. The fraction of sp³-hybridized carbons (Fsp3) is 0.100. The van der Waals surface area contributed by atoms with E-state index in [-0.39, 0.29) is 0 Å². The molecule has 3 rings (SSSR count). The van der Waals surface area contributed by atoms with Crippen LogP contribution in [0, 0.1) is 11.3 Å². The largest absolute Gasteiger partial charge is 0.487 e. The molecule has 0 spiro atoms. The van der Waals surface area contributed by atoms with Crippen LogP contribution in [0.4, 0.5) is 0 Å². The smallest absolute Gasteiger partial charge is 0.130 e. The van der Waals surface area contributed by atoms with E-state index in [0.29, 0.717) is 12.2 Å². The molecule has 0 aliphatic carbocycles. The van der Waals surface area contributed by atoms with Crippen molar-refractivity contribution in [2.24, 2.45) is 0 Å². The molecule has 2 aromatic carbocycles. The first-order valence-electron chi connectivity index (χ1n) is 7.58. The maximum atomic E-state index is 8.81. The minimum atomic E-state index is 0.472. The van der Waals surface area contributed by atoms with Gasteiger partial charge in [0, 0.05) is 16.8 Å². The van der Waals surface area contributed by atoms with Crippen LogP contribution in [0.15, 0.2) is 77.8 Å². The number of benzene rings is 2. The van der Waals surface area contributed by atoms with Gasteiger partial charge in [-0.3, -0.25) is 4.98 Å². The van der Waals surface area contributed by atoms with Crippen LogP contribution in [-0.2, 0) is 12.4 Å². The van der Waals surface area contributed by atoms with Crippen molar-refractivity contribution >= 4 is 11.8 Å². The molecule has 118 valence electrons. The van der Waals surface area contributed by atoms with Gasteiger partial charge in [0.1, 0.15) is 12.4 Å². The van der Waals surface area contributed by atoms with Crippen molar-refractivity contribution in [3.05, 3.63) is 89.7 Å². The summed E-state index contributed by atoms with van der Waals surface area (Å²) < 4.78 is 5.74. The third-order valence-corrected chi connectivity index (χ3v) is 4.51. The average Bonchev–Trinajstić information content (AvgIpc) is 2.67. The van der Waals surface area contributed by atoms with Gasteiger partial charge in [-0.05, 0) is 54.1 Å². The number of aromatic nitrogens is 1. The number of rotatable bonds is 6. The predicted molar refractivity (Wildman–Crippen MR) is 95.7 cm³/mol.